The van der Waals surface area contributed by atoms with Crippen LogP contribution in [0.5, 0.6) is 23.0 Å². The largest absolute Gasteiger partial charge is 0.457 e. The van der Waals surface area contributed by atoms with Gasteiger partial charge in [-0.25, -0.2) is 0 Å². The Hall–Kier alpha value is -8.56. The first-order valence-electron chi connectivity index (χ1n) is 20.0. The molecule has 1 N–H and O–H groups in total. The van der Waals surface area contributed by atoms with Crippen molar-refractivity contribution in [1.29, 1.82) is 0 Å². The molecule has 4 heterocycles. The number of aryl methyl sites for hydroxylation is 1. The molecule has 15 heteroatoms. The van der Waals surface area contributed by atoms with Crippen molar-refractivity contribution < 1.29 is 42.6 Å². The van der Waals surface area contributed by atoms with Gasteiger partial charge in [0.1, 0.15) is 23.0 Å². The Labute approximate surface area is 364 Å². The molecule has 0 fully saturated rings. The zero-order chi connectivity index (χ0) is 44.3. The van der Waals surface area contributed by atoms with Crippen molar-refractivity contribution in [2.75, 3.05) is 9.80 Å². The zero-order valence-electron chi connectivity index (χ0n) is 34.3. The Balaban J connectivity index is 0.784. The number of ether oxygens (including phenoxy) is 2. The van der Waals surface area contributed by atoms with E-state index in [-0.39, 0.29) is 52.7 Å². The summed E-state index contributed by atoms with van der Waals surface area (Å²) in [7, 11) is 0. The summed E-state index contributed by atoms with van der Waals surface area (Å²) >= 11 is 0. The van der Waals surface area contributed by atoms with Crippen molar-refractivity contribution >= 4 is 35.7 Å². The van der Waals surface area contributed by atoms with Crippen LogP contribution in [0, 0.1) is 6.92 Å². The molecule has 2 aliphatic heterocycles. The van der Waals surface area contributed by atoms with E-state index in [2.05, 4.69) is 34.2 Å². The summed E-state index contributed by atoms with van der Waals surface area (Å²) in [5, 5.41) is 25.3. The lowest BCUT2D eigenvalue weighted by Crippen LogP contribution is -2.29. The lowest BCUT2D eigenvalue weighted by molar-refractivity contribution is 0.0902. The minimum absolute atomic E-state index is 0.117. The molecule has 0 aliphatic carbocycles. The highest BCUT2D eigenvalue weighted by Crippen LogP contribution is 2.38. The van der Waals surface area contributed by atoms with E-state index in [1.165, 1.54) is 18.2 Å². The van der Waals surface area contributed by atoms with E-state index in [1.807, 2.05) is 79.7 Å². The number of hydrogen-bond donors (Lipinski definition) is 1. The molecular formula is C49H34N6O9. The molecule has 0 saturated heterocycles. The van der Waals surface area contributed by atoms with E-state index in [0.29, 0.717) is 39.7 Å². The highest BCUT2D eigenvalue weighted by molar-refractivity contribution is 6.34. The number of anilines is 2. The van der Waals surface area contributed by atoms with Crippen LogP contribution >= 0.6 is 0 Å². The summed E-state index contributed by atoms with van der Waals surface area (Å²) < 4.78 is 23.7. The normalized spacial score (nSPS) is 13.4. The van der Waals surface area contributed by atoms with Gasteiger partial charge in [-0.3, -0.25) is 19.2 Å². The standard InChI is InChI=1S/C49H34N6O9/c1-27-4-8-29(9-5-27)41-50-52-47(63-41)54-43(57)37-22-20-35(24-39(37)45(54)59)61-33-16-12-31(13-17-33)49(2,3)32-14-18-34(19-15-32)62-36-21-23-38-40(25-36)46(60)55(44(38)58)48-53-51-42(64-48)30-10-6-28(26-56)7-11-30/h4-25,56H,26H2,1-3H3. The van der Waals surface area contributed by atoms with Crippen LogP contribution in [0.15, 0.2) is 142 Å². The monoisotopic (exact) mass is 850 g/mol. The summed E-state index contributed by atoms with van der Waals surface area (Å²) in [6, 6.07) is 38.3. The molecule has 10 rings (SSSR count). The fourth-order valence-corrected chi connectivity index (χ4v) is 7.53. The number of hydrogen-bond acceptors (Lipinski definition) is 13. The average Bonchev–Trinajstić information content (AvgIpc) is 4.10. The molecule has 314 valence electrons. The Morgan fingerprint density at radius 2 is 0.891 bits per heavy atom. The number of rotatable bonds is 11. The number of benzene rings is 6. The Bertz CT molecular complexity index is 3160. The van der Waals surface area contributed by atoms with Crippen molar-refractivity contribution in [2.24, 2.45) is 0 Å². The van der Waals surface area contributed by atoms with Gasteiger partial charge in [0.15, 0.2) is 0 Å². The van der Waals surface area contributed by atoms with Gasteiger partial charge in [-0.05, 0) is 109 Å². The Morgan fingerprint density at radius 1 is 0.500 bits per heavy atom. The van der Waals surface area contributed by atoms with Crippen LogP contribution in [-0.4, -0.2) is 49.1 Å². The van der Waals surface area contributed by atoms with E-state index >= 15 is 0 Å². The SMILES string of the molecule is Cc1ccc(-c2nnc(N3C(=O)c4ccc(Oc5ccc(C(C)(C)c6ccc(Oc7ccc8c(c7)C(=O)N(c7nnc(-c9ccc(CO)cc9)o7)C8=O)cc6)cc5)cc4C3=O)o2)cc1. The molecule has 15 nitrogen and oxygen atoms in total. The third kappa shape index (κ3) is 6.95. The molecule has 0 radical (unpaired) electrons. The maximum atomic E-state index is 13.5. The van der Waals surface area contributed by atoms with Gasteiger partial charge in [0, 0.05) is 16.5 Å². The van der Waals surface area contributed by atoms with Crippen LogP contribution in [0.3, 0.4) is 0 Å². The number of amides is 4. The molecule has 4 amide bonds. The van der Waals surface area contributed by atoms with E-state index in [0.717, 1.165) is 26.5 Å². The second-order valence-corrected chi connectivity index (χ2v) is 15.7. The van der Waals surface area contributed by atoms with Crippen molar-refractivity contribution in [1.82, 2.24) is 20.4 Å². The van der Waals surface area contributed by atoms with Gasteiger partial charge in [0.05, 0.1) is 28.9 Å². The van der Waals surface area contributed by atoms with Crippen LogP contribution < -0.4 is 19.3 Å². The third-order valence-corrected chi connectivity index (χ3v) is 11.2. The first kappa shape index (κ1) is 39.6. The Morgan fingerprint density at radius 3 is 1.31 bits per heavy atom. The molecule has 0 atom stereocenters. The molecule has 2 aliphatic rings. The van der Waals surface area contributed by atoms with E-state index in [9.17, 15) is 24.3 Å². The van der Waals surface area contributed by atoms with Crippen LogP contribution in [0.2, 0.25) is 0 Å². The molecule has 6 aromatic carbocycles. The van der Waals surface area contributed by atoms with Crippen molar-refractivity contribution in [3.05, 3.63) is 178 Å². The highest BCUT2D eigenvalue weighted by atomic mass is 16.5. The first-order valence-corrected chi connectivity index (χ1v) is 20.0. The fourth-order valence-electron chi connectivity index (χ4n) is 7.53. The fraction of sp³-hybridized carbons (Fsp3) is 0.102. The van der Waals surface area contributed by atoms with E-state index in [1.54, 1.807) is 42.5 Å². The number of nitrogens with zero attached hydrogens (tertiary/aromatic N) is 6. The molecule has 0 spiro atoms. The Kier molecular flexibility index (Phi) is 9.53. The minimum Gasteiger partial charge on any atom is -0.457 e. The molecule has 0 unspecified atom stereocenters. The molecule has 0 saturated carbocycles. The van der Waals surface area contributed by atoms with Crippen LogP contribution in [0.25, 0.3) is 22.9 Å². The number of aliphatic hydroxyl groups is 1. The zero-order valence-corrected chi connectivity index (χ0v) is 34.3. The molecule has 8 aromatic rings. The quantitative estimate of drug-likeness (QED) is 0.121. The predicted octanol–water partition coefficient (Wildman–Crippen LogP) is 9.10. The lowest BCUT2D eigenvalue weighted by atomic mass is 9.78. The maximum absolute atomic E-state index is 13.5. The summed E-state index contributed by atoms with van der Waals surface area (Å²) in [6.07, 6.45) is 0. The number of aliphatic hydroxyl groups excluding tert-OH is 1. The van der Waals surface area contributed by atoms with Crippen molar-refractivity contribution in [2.45, 2.75) is 32.8 Å². The second-order valence-electron chi connectivity index (χ2n) is 15.7. The van der Waals surface area contributed by atoms with Crippen molar-refractivity contribution in [3.63, 3.8) is 0 Å². The van der Waals surface area contributed by atoms with Gasteiger partial charge in [0.25, 0.3) is 23.6 Å². The van der Waals surface area contributed by atoms with Crippen LogP contribution in [-0.2, 0) is 12.0 Å². The number of carbonyl (C=O) groups excluding carboxylic acids is 4. The highest BCUT2D eigenvalue weighted by Gasteiger charge is 2.42. The summed E-state index contributed by atoms with van der Waals surface area (Å²) in [4.78, 5) is 55.2. The van der Waals surface area contributed by atoms with Gasteiger partial charge < -0.3 is 23.4 Å². The number of fused-ring (bicyclic) bond motifs is 2. The maximum Gasteiger partial charge on any atom is 0.332 e. The second kappa shape index (κ2) is 15.4. The van der Waals surface area contributed by atoms with Gasteiger partial charge >= 0.3 is 12.0 Å². The van der Waals surface area contributed by atoms with Crippen LogP contribution in [0.1, 0.15) is 77.5 Å². The third-order valence-electron chi connectivity index (χ3n) is 11.2. The smallest absolute Gasteiger partial charge is 0.332 e. The molecular weight excluding hydrogens is 817 g/mol. The van der Waals surface area contributed by atoms with Gasteiger partial charge in [-0.2, -0.15) is 9.80 Å². The molecule has 64 heavy (non-hydrogen) atoms. The van der Waals surface area contributed by atoms with Crippen LogP contribution in [0.4, 0.5) is 12.0 Å². The topological polar surface area (TPSA) is 191 Å². The molecule has 2 aromatic heterocycles. The number of imide groups is 2. The molecule has 0 bridgehead atoms. The predicted molar refractivity (Wildman–Crippen MR) is 230 cm³/mol. The first-order chi connectivity index (χ1) is 30.9. The summed E-state index contributed by atoms with van der Waals surface area (Å²) in [5.74, 6) is -0.291. The summed E-state index contributed by atoms with van der Waals surface area (Å²) in [5.41, 5.74) is 5.24. The summed E-state index contributed by atoms with van der Waals surface area (Å²) in [6.45, 7) is 6.03. The van der Waals surface area contributed by atoms with Gasteiger partial charge in [0.2, 0.25) is 11.8 Å². The number of aromatic nitrogens is 4. The van der Waals surface area contributed by atoms with Gasteiger partial charge in [-0.1, -0.05) is 78.1 Å². The van der Waals surface area contributed by atoms with E-state index in [4.69, 9.17) is 18.3 Å². The average molecular weight is 851 g/mol. The van der Waals surface area contributed by atoms with E-state index < -0.39 is 29.0 Å². The number of carbonyl (C=O) groups is 4. The minimum atomic E-state index is -0.621. The van der Waals surface area contributed by atoms with Gasteiger partial charge in [-0.15, -0.1) is 10.2 Å². The lowest BCUT2D eigenvalue weighted by Gasteiger charge is -2.26. The van der Waals surface area contributed by atoms with Crippen molar-refractivity contribution in [3.8, 4) is 45.9 Å².